The summed E-state index contributed by atoms with van der Waals surface area (Å²) in [6.07, 6.45) is 0. The maximum absolute atomic E-state index is 0. The fourth-order valence-electron chi connectivity index (χ4n) is 0. The predicted molar refractivity (Wildman–Crippen MR) is 31.1 cm³/mol. The first-order valence-electron chi connectivity index (χ1n) is 0. The van der Waals surface area contributed by atoms with Crippen molar-refractivity contribution in [2.24, 2.45) is 0 Å². The third kappa shape index (κ3) is 134. The molecule has 0 rings (SSSR count). The summed E-state index contributed by atoms with van der Waals surface area (Å²) < 4.78 is 0. The molecule has 0 aliphatic rings. The van der Waals surface area contributed by atoms with Gasteiger partial charge in [-0.25, -0.2) is 0 Å². The quantitative estimate of drug-likeness (QED) is 0.376. The predicted octanol–water partition coefficient (Wildman–Crippen LogP) is -12.4. The van der Waals surface area contributed by atoms with E-state index in [1.807, 2.05) is 0 Å². The normalized spacial score (nSPS) is 0. The molecule has 12 heteroatoms. The summed E-state index contributed by atoms with van der Waals surface area (Å²) in [5.74, 6) is 0. The Bertz CT molecular complexity index is 23.3. The molecule has 0 saturated carbocycles. The van der Waals surface area contributed by atoms with Gasteiger partial charge < -0.3 is 46.7 Å². The summed E-state index contributed by atoms with van der Waals surface area (Å²) in [5.41, 5.74) is 0. The summed E-state index contributed by atoms with van der Waals surface area (Å²) in [6, 6.07) is 0. The molecule has 0 aromatic carbocycles. The molecule has 0 spiro atoms. The van der Waals surface area contributed by atoms with E-state index in [9.17, 15) is 0 Å². The Labute approximate surface area is 188 Å². The van der Waals surface area contributed by atoms with Crippen molar-refractivity contribution < 1.29 is 193 Å². The van der Waals surface area contributed by atoms with Gasteiger partial charge in [0.15, 0.2) is 0 Å². The minimum Gasteiger partial charge on any atom is -1.00 e. The van der Waals surface area contributed by atoms with Gasteiger partial charge in [-0.2, -0.15) is 0 Å². The summed E-state index contributed by atoms with van der Waals surface area (Å²) in [4.78, 5) is 0. The molecule has 12 heavy (non-hydrogen) atoms. The van der Waals surface area contributed by atoms with E-state index in [1.54, 1.807) is 0 Å². The molecular formula is H18K2O8Ti2. The molecule has 0 fully saturated rings. The molecule has 0 amide bonds. The Morgan fingerprint density at radius 2 is 0.333 bits per heavy atom. The minimum atomic E-state index is 0. The first-order valence-corrected chi connectivity index (χ1v) is 0. The molecule has 0 atom stereocenters. The van der Waals surface area contributed by atoms with Crippen LogP contribution in [0, 0.1) is 0 Å². The Balaban J connectivity index is 0. The first-order chi connectivity index (χ1) is 0. The van der Waals surface area contributed by atoms with Crippen LogP contribution in [0.3, 0.4) is 0 Å². The van der Waals surface area contributed by atoms with E-state index >= 15 is 0 Å². The van der Waals surface area contributed by atoms with Gasteiger partial charge in [0.25, 0.3) is 0 Å². The molecular weight excluding hydrogens is 302 g/mol. The second-order valence-corrected chi connectivity index (χ2v) is 0. The van der Waals surface area contributed by atoms with Crippen LogP contribution in [-0.4, -0.2) is 43.8 Å². The zero-order chi connectivity index (χ0) is 0. The van der Waals surface area contributed by atoms with Crippen LogP contribution >= 0.6 is 0 Å². The SMILES string of the molecule is O.O.O.O.O.O.O.O.[H-].[H-].[K+].[K+].[Ti].[Ti]. The Kier molecular flexibility index (Phi) is 2790. The molecule has 0 heterocycles. The fourth-order valence-corrected chi connectivity index (χ4v) is 0. The molecule has 8 nitrogen and oxygen atoms in total. The summed E-state index contributed by atoms with van der Waals surface area (Å²) >= 11 is 0. The van der Waals surface area contributed by atoms with Crippen molar-refractivity contribution in [3.63, 3.8) is 0 Å². The second kappa shape index (κ2) is 166. The summed E-state index contributed by atoms with van der Waals surface area (Å²) in [5, 5.41) is 0. The van der Waals surface area contributed by atoms with Gasteiger partial charge in [-0.1, -0.05) is 0 Å². The van der Waals surface area contributed by atoms with Crippen molar-refractivity contribution in [1.29, 1.82) is 0 Å². The van der Waals surface area contributed by atoms with Crippen LogP contribution in [0.1, 0.15) is 2.85 Å². The van der Waals surface area contributed by atoms with E-state index in [1.165, 1.54) is 0 Å². The van der Waals surface area contributed by atoms with Crippen LogP contribution in [0.4, 0.5) is 0 Å². The number of hydrogen-bond donors (Lipinski definition) is 0. The number of rotatable bonds is 0. The van der Waals surface area contributed by atoms with Crippen molar-refractivity contribution in [2.45, 2.75) is 0 Å². The topological polar surface area (TPSA) is 252 Å². The maximum atomic E-state index is 0. The van der Waals surface area contributed by atoms with Gasteiger partial charge in [0.1, 0.15) is 0 Å². The largest absolute Gasteiger partial charge is 1.00 e. The molecule has 0 radical (unpaired) electrons. The van der Waals surface area contributed by atoms with E-state index in [0.717, 1.165) is 0 Å². The van der Waals surface area contributed by atoms with Crippen LogP contribution in [0.5, 0.6) is 0 Å². The van der Waals surface area contributed by atoms with E-state index in [4.69, 9.17) is 0 Å². The first kappa shape index (κ1) is 202. The van der Waals surface area contributed by atoms with E-state index in [0.29, 0.717) is 0 Å². The van der Waals surface area contributed by atoms with Gasteiger partial charge >= 0.3 is 103 Å². The zero-order valence-corrected chi connectivity index (χ0v) is 16.4. The molecule has 0 aromatic heterocycles. The average molecular weight is 320 g/mol. The molecule has 0 unspecified atom stereocenters. The zero-order valence-electron chi connectivity index (χ0n) is 9.00. The van der Waals surface area contributed by atoms with Crippen LogP contribution in [0.25, 0.3) is 0 Å². The van der Waals surface area contributed by atoms with Crippen molar-refractivity contribution in [3.05, 3.63) is 0 Å². The monoisotopic (exact) mass is 320 g/mol. The van der Waals surface area contributed by atoms with Gasteiger partial charge in [0.2, 0.25) is 0 Å². The molecule has 76 valence electrons. The Morgan fingerprint density at radius 1 is 0.333 bits per heavy atom. The molecule has 0 bridgehead atoms. The summed E-state index contributed by atoms with van der Waals surface area (Å²) in [6.45, 7) is 0. The van der Waals surface area contributed by atoms with Crippen LogP contribution in [0.15, 0.2) is 0 Å². The van der Waals surface area contributed by atoms with Gasteiger partial charge in [-0.3, -0.25) is 0 Å². The fraction of sp³-hybridized carbons (Fsp3) is 0. The average Bonchev–Trinajstić information content (AvgIpc) is 0. The van der Waals surface area contributed by atoms with E-state index < -0.39 is 0 Å². The van der Waals surface area contributed by atoms with Crippen molar-refractivity contribution >= 4 is 0 Å². The Morgan fingerprint density at radius 3 is 0.333 bits per heavy atom. The van der Waals surface area contributed by atoms with E-state index in [2.05, 4.69) is 0 Å². The van der Waals surface area contributed by atoms with Gasteiger partial charge in [-0.15, -0.1) is 0 Å². The molecule has 0 saturated heterocycles. The van der Waals surface area contributed by atoms with Crippen molar-refractivity contribution in [1.82, 2.24) is 0 Å². The molecule has 0 aromatic rings. The van der Waals surface area contributed by atoms with Crippen LogP contribution in [0.2, 0.25) is 0 Å². The van der Waals surface area contributed by atoms with Gasteiger partial charge in [-0.05, 0) is 0 Å². The van der Waals surface area contributed by atoms with Crippen LogP contribution < -0.4 is 103 Å². The van der Waals surface area contributed by atoms with Crippen molar-refractivity contribution in [3.8, 4) is 0 Å². The minimum absolute atomic E-state index is 0. The molecule has 16 N–H and O–H groups in total. The number of hydrogen-bond acceptors (Lipinski definition) is 0. The third-order valence-corrected chi connectivity index (χ3v) is 0. The molecule has 0 aliphatic carbocycles. The Hall–Kier alpha value is 4.38. The third-order valence-electron chi connectivity index (χ3n) is 0. The summed E-state index contributed by atoms with van der Waals surface area (Å²) in [7, 11) is 0. The maximum Gasteiger partial charge on any atom is 1.00 e. The van der Waals surface area contributed by atoms with E-state index in [-0.39, 0.29) is 193 Å². The van der Waals surface area contributed by atoms with Crippen LogP contribution in [-0.2, 0) is 43.4 Å². The van der Waals surface area contributed by atoms with Crippen molar-refractivity contribution in [2.75, 3.05) is 0 Å². The van der Waals surface area contributed by atoms with Gasteiger partial charge in [0, 0.05) is 43.4 Å². The van der Waals surface area contributed by atoms with Gasteiger partial charge in [0.05, 0.1) is 0 Å². The second-order valence-electron chi connectivity index (χ2n) is 0. The smallest absolute Gasteiger partial charge is 1.00 e. The standard InChI is InChI=1S/2K.8H2O.2Ti.2H/h;;8*1H2;;;;/q2*+1;;;;;;;;;;;2*-1. The molecule has 0 aliphatic heterocycles.